The zero-order valence-electron chi connectivity index (χ0n) is 9.61. The molecule has 1 heterocycles. The smallest absolute Gasteiger partial charge is 0.234 e. The lowest BCUT2D eigenvalue weighted by Crippen LogP contribution is -2.36. The van der Waals surface area contributed by atoms with Gasteiger partial charge in [0.05, 0.1) is 6.54 Å². The summed E-state index contributed by atoms with van der Waals surface area (Å²) in [4.78, 5) is 14.9. The number of carbonyl (C=O) groups is 1. The van der Waals surface area contributed by atoms with E-state index in [1.807, 2.05) is 6.07 Å². The van der Waals surface area contributed by atoms with Gasteiger partial charge in [-0.25, -0.2) is 0 Å². The Bertz CT molecular complexity index is 322. The number of rotatable bonds is 7. The van der Waals surface area contributed by atoms with Gasteiger partial charge in [-0.2, -0.15) is 0 Å². The Kier molecular flexibility index (Phi) is 5.82. The first kappa shape index (κ1) is 12.9. The molecule has 4 heteroatoms. The zero-order valence-corrected chi connectivity index (χ0v) is 10.4. The van der Waals surface area contributed by atoms with E-state index in [0.29, 0.717) is 13.1 Å². The van der Waals surface area contributed by atoms with E-state index < -0.39 is 0 Å². The quantitative estimate of drug-likeness (QED) is 0.736. The summed E-state index contributed by atoms with van der Waals surface area (Å²) < 4.78 is 0. The fraction of sp³-hybridized carbons (Fsp3) is 0.417. The number of amides is 1. The highest BCUT2D eigenvalue weighted by atomic mass is 32.1. The first-order valence-corrected chi connectivity index (χ1v) is 6.26. The Labute approximate surface area is 101 Å². The van der Waals surface area contributed by atoms with E-state index in [1.54, 1.807) is 17.4 Å². The average Bonchev–Trinajstić information content (AvgIpc) is 2.78. The van der Waals surface area contributed by atoms with Crippen molar-refractivity contribution in [2.75, 3.05) is 19.6 Å². The number of hydrogen-bond acceptors (Lipinski definition) is 3. The predicted molar refractivity (Wildman–Crippen MR) is 68.5 cm³/mol. The normalized spacial score (nSPS) is 10.4. The number of thiophene rings is 1. The third-order valence-electron chi connectivity index (χ3n) is 2.22. The van der Waals surface area contributed by atoms with Crippen LogP contribution in [0.4, 0.5) is 0 Å². The second kappa shape index (κ2) is 7.19. The van der Waals surface area contributed by atoms with Crippen LogP contribution in [0, 0.1) is 0 Å². The van der Waals surface area contributed by atoms with Crippen molar-refractivity contribution in [3.63, 3.8) is 0 Å². The van der Waals surface area contributed by atoms with E-state index in [9.17, 15) is 4.79 Å². The molecular weight excluding hydrogens is 220 g/mol. The van der Waals surface area contributed by atoms with E-state index in [-0.39, 0.29) is 5.91 Å². The van der Waals surface area contributed by atoms with Gasteiger partial charge in [0.25, 0.3) is 0 Å². The summed E-state index contributed by atoms with van der Waals surface area (Å²) in [6.45, 7) is 8.33. The number of hydrogen-bond donors (Lipinski definition) is 1. The summed E-state index contributed by atoms with van der Waals surface area (Å²) in [5, 5.41) is 4.84. The van der Waals surface area contributed by atoms with Gasteiger partial charge >= 0.3 is 0 Å². The minimum absolute atomic E-state index is 0.0540. The molecule has 1 aromatic rings. The molecule has 0 aliphatic carbocycles. The first-order chi connectivity index (χ1) is 7.76. The molecule has 0 unspecified atom stereocenters. The van der Waals surface area contributed by atoms with Crippen LogP contribution in [-0.4, -0.2) is 30.4 Å². The van der Waals surface area contributed by atoms with Crippen molar-refractivity contribution in [1.29, 1.82) is 0 Å². The van der Waals surface area contributed by atoms with Crippen LogP contribution in [-0.2, 0) is 11.3 Å². The molecule has 0 radical (unpaired) electrons. The third kappa shape index (κ3) is 4.59. The number of likely N-dealkylation sites (N-methyl/N-ethyl adjacent to an activating group) is 1. The Morgan fingerprint density at radius 1 is 1.69 bits per heavy atom. The van der Waals surface area contributed by atoms with Gasteiger partial charge < -0.3 is 5.32 Å². The molecule has 1 rings (SSSR count). The molecular formula is C12H18N2OS. The second-order valence-electron chi connectivity index (χ2n) is 3.48. The Hall–Kier alpha value is -1.13. The van der Waals surface area contributed by atoms with Gasteiger partial charge in [-0.3, -0.25) is 9.69 Å². The van der Waals surface area contributed by atoms with Crippen LogP contribution in [0.2, 0.25) is 0 Å². The molecule has 0 spiro atoms. The van der Waals surface area contributed by atoms with E-state index in [4.69, 9.17) is 0 Å². The first-order valence-electron chi connectivity index (χ1n) is 5.38. The molecule has 3 nitrogen and oxygen atoms in total. The Balaban J connectivity index is 2.36. The van der Waals surface area contributed by atoms with E-state index in [1.165, 1.54) is 4.88 Å². The summed E-state index contributed by atoms with van der Waals surface area (Å²) in [5.74, 6) is 0.0540. The molecule has 88 valence electrons. The van der Waals surface area contributed by atoms with Crippen molar-refractivity contribution in [2.45, 2.75) is 13.5 Å². The summed E-state index contributed by atoms with van der Waals surface area (Å²) in [6, 6.07) is 4.13. The molecule has 0 fully saturated rings. The summed E-state index contributed by atoms with van der Waals surface area (Å²) in [5.41, 5.74) is 0. The van der Waals surface area contributed by atoms with Crippen LogP contribution in [0.3, 0.4) is 0 Å². The highest BCUT2D eigenvalue weighted by Crippen LogP contribution is 2.11. The van der Waals surface area contributed by atoms with Crippen LogP contribution in [0.15, 0.2) is 30.2 Å². The van der Waals surface area contributed by atoms with E-state index in [2.05, 4.69) is 35.2 Å². The van der Waals surface area contributed by atoms with Gasteiger partial charge in [0.15, 0.2) is 0 Å². The molecule has 1 N–H and O–H groups in total. The van der Waals surface area contributed by atoms with Crippen molar-refractivity contribution in [2.24, 2.45) is 0 Å². The van der Waals surface area contributed by atoms with Gasteiger partial charge in [0, 0.05) is 18.0 Å². The molecule has 1 amide bonds. The third-order valence-corrected chi connectivity index (χ3v) is 3.08. The molecule has 0 atom stereocenters. The maximum absolute atomic E-state index is 11.5. The number of nitrogens with one attached hydrogen (secondary N) is 1. The van der Waals surface area contributed by atoms with Gasteiger partial charge in [-0.05, 0) is 18.0 Å². The molecule has 0 bridgehead atoms. The van der Waals surface area contributed by atoms with Gasteiger partial charge in [0.1, 0.15) is 0 Å². The monoisotopic (exact) mass is 238 g/mol. The fourth-order valence-corrected chi connectivity index (χ4v) is 2.09. The van der Waals surface area contributed by atoms with Crippen LogP contribution < -0.4 is 5.32 Å². The standard InChI is InChI=1S/C12H18N2OS/c1-3-7-13-12(15)10-14(4-2)9-11-6-5-8-16-11/h3,5-6,8H,1,4,7,9-10H2,2H3,(H,13,15). The Morgan fingerprint density at radius 3 is 3.06 bits per heavy atom. The number of carbonyl (C=O) groups excluding carboxylic acids is 1. The van der Waals surface area contributed by atoms with Crippen molar-refractivity contribution < 1.29 is 4.79 Å². The highest BCUT2D eigenvalue weighted by Gasteiger charge is 2.09. The summed E-state index contributed by atoms with van der Waals surface area (Å²) in [7, 11) is 0. The lowest BCUT2D eigenvalue weighted by molar-refractivity contribution is -0.122. The van der Waals surface area contributed by atoms with Crippen LogP contribution in [0.25, 0.3) is 0 Å². The summed E-state index contributed by atoms with van der Waals surface area (Å²) >= 11 is 1.72. The second-order valence-corrected chi connectivity index (χ2v) is 4.51. The molecule has 16 heavy (non-hydrogen) atoms. The molecule has 1 aromatic heterocycles. The number of nitrogens with zero attached hydrogens (tertiary/aromatic N) is 1. The minimum Gasteiger partial charge on any atom is -0.352 e. The van der Waals surface area contributed by atoms with Crippen molar-refractivity contribution in [1.82, 2.24) is 10.2 Å². The highest BCUT2D eigenvalue weighted by molar-refractivity contribution is 7.09. The largest absolute Gasteiger partial charge is 0.352 e. The molecule has 0 aliphatic rings. The van der Waals surface area contributed by atoms with Crippen LogP contribution in [0.1, 0.15) is 11.8 Å². The maximum Gasteiger partial charge on any atom is 0.234 e. The summed E-state index contributed by atoms with van der Waals surface area (Å²) in [6.07, 6.45) is 1.69. The van der Waals surface area contributed by atoms with Gasteiger partial charge in [-0.15, -0.1) is 17.9 Å². The predicted octanol–water partition coefficient (Wildman–Crippen LogP) is 1.87. The van der Waals surface area contributed by atoms with Crippen LogP contribution >= 0.6 is 11.3 Å². The maximum atomic E-state index is 11.5. The van der Waals surface area contributed by atoms with Crippen molar-refractivity contribution in [3.05, 3.63) is 35.0 Å². The molecule has 0 aliphatic heterocycles. The van der Waals surface area contributed by atoms with Crippen LogP contribution in [0.5, 0.6) is 0 Å². The van der Waals surface area contributed by atoms with Gasteiger partial charge in [0.2, 0.25) is 5.91 Å². The van der Waals surface area contributed by atoms with Crippen molar-refractivity contribution in [3.8, 4) is 0 Å². The van der Waals surface area contributed by atoms with Crippen molar-refractivity contribution >= 4 is 17.2 Å². The van der Waals surface area contributed by atoms with E-state index >= 15 is 0 Å². The molecule has 0 aromatic carbocycles. The van der Waals surface area contributed by atoms with E-state index in [0.717, 1.165) is 13.1 Å². The molecule has 0 saturated heterocycles. The Morgan fingerprint density at radius 2 is 2.50 bits per heavy atom. The van der Waals surface area contributed by atoms with Gasteiger partial charge in [-0.1, -0.05) is 19.1 Å². The minimum atomic E-state index is 0.0540. The topological polar surface area (TPSA) is 32.3 Å². The average molecular weight is 238 g/mol. The molecule has 0 saturated carbocycles. The lowest BCUT2D eigenvalue weighted by atomic mass is 10.4. The lowest BCUT2D eigenvalue weighted by Gasteiger charge is -2.18. The zero-order chi connectivity index (χ0) is 11.8. The fourth-order valence-electron chi connectivity index (χ4n) is 1.35. The SMILES string of the molecule is C=CCNC(=O)CN(CC)Cc1cccs1.